The summed E-state index contributed by atoms with van der Waals surface area (Å²) in [6.45, 7) is 3.96. The van der Waals surface area contributed by atoms with Crippen LogP contribution in [0.4, 0.5) is 0 Å². The lowest BCUT2D eigenvalue weighted by atomic mass is 10.1. The third-order valence-corrected chi connectivity index (χ3v) is 7.10. The fourth-order valence-electron chi connectivity index (χ4n) is 2.74. The number of thiophene rings is 1. The Morgan fingerprint density at radius 3 is 3.08 bits per heavy atom. The third-order valence-electron chi connectivity index (χ3n) is 4.08. The van der Waals surface area contributed by atoms with Gasteiger partial charge in [-0.25, -0.2) is 13.1 Å². The summed E-state index contributed by atoms with van der Waals surface area (Å²) in [5.41, 5.74) is 0.644. The highest BCUT2D eigenvalue weighted by molar-refractivity contribution is 7.91. The van der Waals surface area contributed by atoms with Crippen LogP contribution in [0.1, 0.15) is 6.42 Å². The third kappa shape index (κ3) is 4.22. The Morgan fingerprint density at radius 2 is 2.33 bits per heavy atom. The molecule has 1 unspecified atom stereocenters. The van der Waals surface area contributed by atoms with Crippen LogP contribution in [0.3, 0.4) is 0 Å². The van der Waals surface area contributed by atoms with Gasteiger partial charge in [-0.2, -0.15) is 0 Å². The Morgan fingerprint density at radius 1 is 1.46 bits per heavy atom. The summed E-state index contributed by atoms with van der Waals surface area (Å²) < 4.78 is 37.8. The lowest BCUT2D eigenvalue weighted by molar-refractivity contribution is 0.159. The van der Waals surface area contributed by atoms with Crippen molar-refractivity contribution in [3.63, 3.8) is 0 Å². The first-order valence-electron chi connectivity index (χ1n) is 7.80. The van der Waals surface area contributed by atoms with Crippen LogP contribution in [-0.2, 0) is 14.8 Å². The monoisotopic (exact) mass is 371 g/mol. The van der Waals surface area contributed by atoms with E-state index in [1.165, 1.54) is 17.6 Å². The number of sulfonamides is 1. The predicted octanol–water partition coefficient (Wildman–Crippen LogP) is 1.65. The summed E-state index contributed by atoms with van der Waals surface area (Å²) in [5, 5.41) is 3.83. The van der Waals surface area contributed by atoms with Gasteiger partial charge in [-0.1, -0.05) is 5.16 Å². The first kappa shape index (κ1) is 17.6. The normalized spacial score (nSPS) is 19.1. The van der Waals surface area contributed by atoms with E-state index >= 15 is 0 Å². The van der Waals surface area contributed by atoms with E-state index in [0.717, 1.165) is 30.9 Å². The van der Waals surface area contributed by atoms with Gasteiger partial charge in [0.2, 0.25) is 10.0 Å². The molecule has 1 N–H and O–H groups in total. The largest absolute Gasteiger partial charge is 0.383 e. The van der Waals surface area contributed by atoms with Crippen LogP contribution in [0.2, 0.25) is 0 Å². The highest BCUT2D eigenvalue weighted by Crippen LogP contribution is 2.29. The van der Waals surface area contributed by atoms with Gasteiger partial charge in [-0.15, -0.1) is 11.3 Å². The Kier molecular flexibility index (Phi) is 5.67. The number of ether oxygens (including phenoxy) is 1. The van der Waals surface area contributed by atoms with Crippen molar-refractivity contribution in [1.82, 2.24) is 14.8 Å². The van der Waals surface area contributed by atoms with E-state index in [2.05, 4.69) is 14.8 Å². The molecule has 0 bridgehead atoms. The minimum Gasteiger partial charge on any atom is -0.383 e. The summed E-state index contributed by atoms with van der Waals surface area (Å²) in [6, 6.07) is 5.07. The number of aromatic nitrogens is 1. The molecule has 24 heavy (non-hydrogen) atoms. The second-order valence-electron chi connectivity index (χ2n) is 5.80. The van der Waals surface area contributed by atoms with Crippen LogP contribution in [-0.4, -0.2) is 58.4 Å². The van der Waals surface area contributed by atoms with Gasteiger partial charge in [-0.3, -0.25) is 0 Å². The first-order valence-corrected chi connectivity index (χ1v) is 10.1. The summed E-state index contributed by atoms with van der Waals surface area (Å²) in [4.78, 5) is 3.08. The lowest BCUT2D eigenvalue weighted by Crippen LogP contribution is -2.31. The van der Waals surface area contributed by atoms with Gasteiger partial charge in [0.1, 0.15) is 16.2 Å². The topological polar surface area (TPSA) is 84.7 Å². The quantitative estimate of drug-likeness (QED) is 0.759. The number of rotatable bonds is 8. The zero-order chi connectivity index (χ0) is 17.0. The van der Waals surface area contributed by atoms with Gasteiger partial charge in [0, 0.05) is 32.8 Å². The molecule has 2 aromatic heterocycles. The van der Waals surface area contributed by atoms with Gasteiger partial charge in [0.15, 0.2) is 0 Å². The molecule has 1 aliphatic heterocycles. The van der Waals surface area contributed by atoms with Crippen molar-refractivity contribution in [1.29, 1.82) is 0 Å². The van der Waals surface area contributed by atoms with Crippen LogP contribution in [0.5, 0.6) is 0 Å². The maximum Gasteiger partial charge on any atom is 0.250 e. The van der Waals surface area contributed by atoms with E-state index in [4.69, 9.17) is 9.26 Å². The average Bonchev–Trinajstić information content (AvgIpc) is 3.32. The van der Waals surface area contributed by atoms with Gasteiger partial charge in [-0.05, 0) is 31.0 Å². The minimum atomic E-state index is -3.49. The zero-order valence-corrected chi connectivity index (χ0v) is 15.1. The van der Waals surface area contributed by atoms with E-state index < -0.39 is 10.0 Å². The molecule has 1 fully saturated rings. The second kappa shape index (κ2) is 7.75. The molecule has 0 radical (unpaired) electrons. The summed E-state index contributed by atoms with van der Waals surface area (Å²) in [6.07, 6.45) is 2.47. The summed E-state index contributed by atoms with van der Waals surface area (Å²) in [5.74, 6) is 0.339. The lowest BCUT2D eigenvalue weighted by Gasteiger charge is -2.15. The maximum absolute atomic E-state index is 12.4. The molecule has 0 aromatic carbocycles. The molecule has 0 spiro atoms. The van der Waals surface area contributed by atoms with E-state index in [-0.39, 0.29) is 0 Å². The number of hydrogen-bond acceptors (Lipinski definition) is 7. The summed E-state index contributed by atoms with van der Waals surface area (Å²) in [7, 11) is -1.79. The SMILES string of the molecule is COCCN1CCC(CNS(=O)(=O)c2ccc(-c3ccon3)s2)C1. The van der Waals surface area contributed by atoms with Gasteiger partial charge >= 0.3 is 0 Å². The highest BCUT2D eigenvalue weighted by atomic mass is 32.2. The van der Waals surface area contributed by atoms with Crippen molar-refractivity contribution in [3.8, 4) is 10.6 Å². The van der Waals surface area contributed by atoms with Crippen molar-refractivity contribution >= 4 is 21.4 Å². The molecule has 132 valence electrons. The number of nitrogens with zero attached hydrogens (tertiary/aromatic N) is 2. The highest BCUT2D eigenvalue weighted by Gasteiger charge is 2.25. The van der Waals surface area contributed by atoms with Crippen LogP contribution in [0.15, 0.2) is 33.2 Å². The Labute approximate surface area is 145 Å². The van der Waals surface area contributed by atoms with Gasteiger partial charge in [0.25, 0.3) is 0 Å². The number of methoxy groups -OCH3 is 1. The minimum absolute atomic E-state index is 0.301. The molecule has 0 aliphatic carbocycles. The molecular formula is C15H21N3O4S2. The van der Waals surface area contributed by atoms with Crippen LogP contribution < -0.4 is 4.72 Å². The molecule has 0 saturated carbocycles. The Balaban J connectivity index is 1.55. The van der Waals surface area contributed by atoms with Crippen molar-refractivity contribution in [2.45, 2.75) is 10.6 Å². The molecule has 1 saturated heterocycles. The van der Waals surface area contributed by atoms with Crippen molar-refractivity contribution < 1.29 is 17.7 Å². The van der Waals surface area contributed by atoms with E-state index in [1.807, 2.05) is 0 Å². The number of nitrogens with one attached hydrogen (secondary N) is 1. The Hall–Kier alpha value is -1.26. The van der Waals surface area contributed by atoms with Crippen molar-refractivity contribution in [3.05, 3.63) is 24.5 Å². The first-order chi connectivity index (χ1) is 11.6. The molecule has 9 heteroatoms. The standard InChI is InChI=1S/C15H21N3O4S2/c1-21-9-7-18-6-4-12(11-18)10-16-24(19,20)15-3-2-14(23-15)13-5-8-22-17-13/h2-3,5,8,12,16H,4,6-7,9-11H2,1H3. The van der Waals surface area contributed by atoms with E-state index in [9.17, 15) is 8.42 Å². The zero-order valence-electron chi connectivity index (χ0n) is 13.5. The van der Waals surface area contributed by atoms with Crippen molar-refractivity contribution in [2.75, 3.05) is 39.9 Å². The van der Waals surface area contributed by atoms with Gasteiger partial charge < -0.3 is 14.2 Å². The molecule has 1 atom stereocenters. The second-order valence-corrected chi connectivity index (χ2v) is 8.88. The van der Waals surface area contributed by atoms with Gasteiger partial charge in [0.05, 0.1) is 11.5 Å². The molecule has 7 nitrogen and oxygen atoms in total. The molecule has 1 aliphatic rings. The van der Waals surface area contributed by atoms with Crippen molar-refractivity contribution in [2.24, 2.45) is 5.92 Å². The average molecular weight is 371 g/mol. The number of likely N-dealkylation sites (tertiary alicyclic amines) is 1. The fraction of sp³-hybridized carbons (Fsp3) is 0.533. The summed E-state index contributed by atoms with van der Waals surface area (Å²) >= 11 is 1.19. The maximum atomic E-state index is 12.4. The predicted molar refractivity (Wildman–Crippen MR) is 91.4 cm³/mol. The number of hydrogen-bond donors (Lipinski definition) is 1. The molecule has 2 aromatic rings. The van der Waals surface area contributed by atoms with E-state index in [1.54, 1.807) is 25.3 Å². The Bertz CT molecular complexity index is 743. The molecule has 3 heterocycles. The smallest absolute Gasteiger partial charge is 0.250 e. The van der Waals surface area contributed by atoms with E-state index in [0.29, 0.717) is 29.0 Å². The fourth-order valence-corrected chi connectivity index (χ4v) is 5.17. The molecule has 0 amide bonds. The van der Waals surface area contributed by atoms with Crippen LogP contribution >= 0.6 is 11.3 Å². The molecular weight excluding hydrogens is 350 g/mol. The van der Waals surface area contributed by atoms with Crippen LogP contribution in [0.25, 0.3) is 10.6 Å². The van der Waals surface area contributed by atoms with Crippen LogP contribution in [0, 0.1) is 5.92 Å². The molecule has 3 rings (SSSR count).